The molecule has 2 N–H and O–H groups in total. The largest absolute Gasteiger partial charge is 0.325 e. The van der Waals surface area contributed by atoms with Crippen LogP contribution in [0.4, 0.5) is 11.5 Å². The highest BCUT2D eigenvalue weighted by Crippen LogP contribution is 2.31. The van der Waals surface area contributed by atoms with Gasteiger partial charge in [0.05, 0.1) is 16.0 Å². The van der Waals surface area contributed by atoms with Gasteiger partial charge in [0.15, 0.2) is 4.34 Å². The summed E-state index contributed by atoms with van der Waals surface area (Å²) >= 11 is 11.6. The number of carbonyl (C=O) groups excluding carboxylic acids is 2. The molecule has 0 atom stereocenters. The molecule has 3 aromatic rings. The highest BCUT2D eigenvalue weighted by atomic mass is 79.9. The second kappa shape index (κ2) is 8.81. The van der Waals surface area contributed by atoms with Crippen LogP contribution in [0.3, 0.4) is 0 Å². The Morgan fingerprint density at radius 2 is 2.00 bits per heavy atom. The van der Waals surface area contributed by atoms with Gasteiger partial charge in [-0.05, 0) is 46.3 Å². The summed E-state index contributed by atoms with van der Waals surface area (Å²) in [6.07, 6.45) is 0. The summed E-state index contributed by atoms with van der Waals surface area (Å²) < 4.78 is 2.36. The molecule has 0 fully saturated rings. The Balaban J connectivity index is 1.61. The van der Waals surface area contributed by atoms with E-state index in [4.69, 9.17) is 11.6 Å². The zero-order chi connectivity index (χ0) is 18.5. The number of alkyl halides is 1. The molecule has 26 heavy (non-hydrogen) atoms. The van der Waals surface area contributed by atoms with Gasteiger partial charge in [0.1, 0.15) is 16.3 Å². The van der Waals surface area contributed by atoms with E-state index in [9.17, 15) is 9.59 Å². The van der Waals surface area contributed by atoms with Crippen LogP contribution in [0.5, 0.6) is 0 Å². The Hall–Kier alpha value is -1.68. The first kappa shape index (κ1) is 19.1. The highest BCUT2D eigenvalue weighted by molar-refractivity contribution is 9.10. The molecule has 3 rings (SSSR count). The minimum Gasteiger partial charge on any atom is -0.325 e. The van der Waals surface area contributed by atoms with Crippen molar-refractivity contribution in [3.8, 4) is 0 Å². The number of hydrogen-bond donors (Lipinski definition) is 2. The summed E-state index contributed by atoms with van der Waals surface area (Å²) in [5.74, 6) is 0.208. The molecule has 0 aliphatic heterocycles. The van der Waals surface area contributed by atoms with E-state index in [2.05, 4.69) is 36.5 Å². The second-order valence-corrected chi connectivity index (χ2v) is 8.36. The van der Waals surface area contributed by atoms with Gasteiger partial charge in [-0.25, -0.2) is 9.97 Å². The average Bonchev–Trinajstić information content (AvgIpc) is 3.02. The summed E-state index contributed by atoms with van der Waals surface area (Å²) in [7, 11) is 0. The third kappa shape index (κ3) is 5.16. The number of pyridine rings is 1. The number of thiazole rings is 1. The molecule has 2 heterocycles. The fraction of sp³-hybridized carbons (Fsp3) is 0.125. The maximum Gasteiger partial charge on any atom is 0.239 e. The van der Waals surface area contributed by atoms with Crippen LogP contribution in [0, 0.1) is 0 Å². The van der Waals surface area contributed by atoms with E-state index in [1.807, 2.05) is 12.1 Å². The third-order valence-corrected chi connectivity index (χ3v) is 5.93. The summed E-state index contributed by atoms with van der Waals surface area (Å²) in [5.41, 5.74) is 1.48. The van der Waals surface area contributed by atoms with Crippen molar-refractivity contribution in [2.24, 2.45) is 0 Å². The van der Waals surface area contributed by atoms with E-state index >= 15 is 0 Å². The lowest BCUT2D eigenvalue weighted by molar-refractivity contribution is -0.114. The number of benzene rings is 1. The van der Waals surface area contributed by atoms with E-state index in [1.54, 1.807) is 24.3 Å². The number of nitrogens with one attached hydrogen (secondary N) is 2. The molecule has 0 saturated heterocycles. The van der Waals surface area contributed by atoms with E-state index in [1.165, 1.54) is 23.1 Å². The van der Waals surface area contributed by atoms with Crippen molar-refractivity contribution in [3.05, 3.63) is 41.0 Å². The number of fused-ring (bicyclic) bond motifs is 1. The molecule has 10 heteroatoms. The average molecular weight is 472 g/mol. The molecule has 6 nitrogen and oxygen atoms in total. The van der Waals surface area contributed by atoms with Gasteiger partial charge in [0.25, 0.3) is 0 Å². The number of nitrogens with zero attached hydrogens (tertiary/aromatic N) is 2. The number of anilines is 2. The molecule has 0 spiro atoms. The molecule has 2 aromatic heterocycles. The molecule has 1 aromatic carbocycles. The molecule has 0 saturated carbocycles. The van der Waals surface area contributed by atoms with E-state index < -0.39 is 0 Å². The van der Waals surface area contributed by atoms with Crippen molar-refractivity contribution in [2.45, 2.75) is 4.34 Å². The predicted molar refractivity (Wildman–Crippen MR) is 110 cm³/mol. The van der Waals surface area contributed by atoms with Gasteiger partial charge in [0.2, 0.25) is 11.8 Å². The summed E-state index contributed by atoms with van der Waals surface area (Å²) in [6.45, 7) is 0. The zero-order valence-electron chi connectivity index (χ0n) is 13.2. The Bertz CT molecular complexity index is 966. The van der Waals surface area contributed by atoms with Crippen LogP contribution < -0.4 is 10.6 Å². The van der Waals surface area contributed by atoms with Gasteiger partial charge < -0.3 is 10.6 Å². The van der Waals surface area contributed by atoms with E-state index in [0.29, 0.717) is 16.1 Å². The van der Waals surface area contributed by atoms with E-state index in [-0.39, 0.29) is 23.4 Å². The smallest absolute Gasteiger partial charge is 0.239 e. The van der Waals surface area contributed by atoms with Crippen molar-refractivity contribution in [3.63, 3.8) is 0 Å². The molecular weight excluding hydrogens is 460 g/mol. The van der Waals surface area contributed by atoms with Crippen LogP contribution in [-0.2, 0) is 9.59 Å². The second-order valence-electron chi connectivity index (χ2n) is 5.03. The summed E-state index contributed by atoms with van der Waals surface area (Å²) in [6, 6.07) is 10.7. The summed E-state index contributed by atoms with van der Waals surface area (Å²) in [5, 5.41) is 5.44. The molecular formula is C16H12BrClN4O2S2. The first-order chi connectivity index (χ1) is 12.5. The maximum absolute atomic E-state index is 12.1. The maximum atomic E-state index is 12.1. The lowest BCUT2D eigenvalue weighted by atomic mass is 10.3. The first-order valence-corrected chi connectivity index (χ1v) is 10.5. The lowest BCUT2D eigenvalue weighted by Crippen LogP contribution is -2.14. The standard InChI is InChI=1S/C16H12BrClN4O2S2/c17-12-2-1-3-13(21-12)22-15(24)8-25-16-20-10-5-4-9(6-11(10)26-16)19-14(23)7-18/h1-6H,7-8H2,(H,19,23)(H,21,22,24). The number of thioether (sulfide) groups is 1. The van der Waals surface area contributed by atoms with Crippen LogP contribution in [0.2, 0.25) is 0 Å². The molecule has 134 valence electrons. The van der Waals surface area contributed by atoms with Crippen molar-refractivity contribution >= 4 is 84.2 Å². The minimum absolute atomic E-state index is 0.0935. The number of aromatic nitrogens is 2. The monoisotopic (exact) mass is 470 g/mol. The first-order valence-electron chi connectivity index (χ1n) is 7.35. The number of amides is 2. The topological polar surface area (TPSA) is 84.0 Å². The number of hydrogen-bond acceptors (Lipinski definition) is 6. The third-order valence-electron chi connectivity index (χ3n) is 3.08. The van der Waals surface area contributed by atoms with E-state index in [0.717, 1.165) is 14.6 Å². The number of halogens is 2. The lowest BCUT2D eigenvalue weighted by Gasteiger charge is -2.03. The van der Waals surface area contributed by atoms with Gasteiger partial charge in [0, 0.05) is 5.69 Å². The van der Waals surface area contributed by atoms with Crippen LogP contribution in [0.1, 0.15) is 0 Å². The van der Waals surface area contributed by atoms with Crippen LogP contribution in [0.15, 0.2) is 45.3 Å². The number of carbonyl (C=O) groups is 2. The zero-order valence-corrected chi connectivity index (χ0v) is 17.1. The quantitative estimate of drug-likeness (QED) is 0.317. The molecule has 0 bridgehead atoms. The number of rotatable bonds is 6. The fourth-order valence-corrected chi connectivity index (χ4v) is 4.34. The Labute approximate surface area is 170 Å². The van der Waals surface area contributed by atoms with Crippen LogP contribution in [0.25, 0.3) is 10.2 Å². The Morgan fingerprint density at radius 1 is 1.15 bits per heavy atom. The molecule has 0 radical (unpaired) electrons. The van der Waals surface area contributed by atoms with Gasteiger partial charge in [-0.1, -0.05) is 17.8 Å². The molecule has 0 aliphatic rings. The highest BCUT2D eigenvalue weighted by Gasteiger charge is 2.10. The van der Waals surface area contributed by atoms with Gasteiger partial charge in [-0.2, -0.15) is 0 Å². The van der Waals surface area contributed by atoms with Gasteiger partial charge >= 0.3 is 0 Å². The van der Waals surface area contributed by atoms with Crippen molar-refractivity contribution in [1.82, 2.24) is 9.97 Å². The normalized spacial score (nSPS) is 10.7. The molecule has 0 unspecified atom stereocenters. The van der Waals surface area contributed by atoms with Crippen molar-refractivity contribution < 1.29 is 9.59 Å². The van der Waals surface area contributed by atoms with Crippen LogP contribution >= 0.6 is 50.6 Å². The van der Waals surface area contributed by atoms with Crippen molar-refractivity contribution in [2.75, 3.05) is 22.3 Å². The Morgan fingerprint density at radius 3 is 2.77 bits per heavy atom. The van der Waals surface area contributed by atoms with Crippen molar-refractivity contribution in [1.29, 1.82) is 0 Å². The molecule has 2 amide bonds. The van der Waals surface area contributed by atoms with Gasteiger partial charge in [-0.15, -0.1) is 22.9 Å². The fourth-order valence-electron chi connectivity index (χ4n) is 2.02. The van der Waals surface area contributed by atoms with Crippen LogP contribution in [-0.4, -0.2) is 33.4 Å². The SMILES string of the molecule is O=C(CCl)Nc1ccc2nc(SCC(=O)Nc3cccc(Br)n3)sc2c1. The summed E-state index contributed by atoms with van der Waals surface area (Å²) in [4.78, 5) is 32.1. The minimum atomic E-state index is -0.261. The molecule has 0 aliphatic carbocycles. The van der Waals surface area contributed by atoms with Gasteiger partial charge in [-0.3, -0.25) is 9.59 Å². The Kier molecular flexibility index (Phi) is 6.47. The predicted octanol–water partition coefficient (Wildman–Crippen LogP) is 4.36.